The molecular weight excluding hydrogens is 627 g/mol. The van der Waals surface area contributed by atoms with Gasteiger partial charge in [-0.1, -0.05) is 18.2 Å². The van der Waals surface area contributed by atoms with Gasteiger partial charge in [0.05, 0.1) is 28.5 Å². The van der Waals surface area contributed by atoms with Gasteiger partial charge in [-0.25, -0.2) is 0 Å². The second-order valence-corrected chi connectivity index (χ2v) is 12.9. The molecule has 0 radical (unpaired) electrons. The van der Waals surface area contributed by atoms with Crippen LogP contribution in [0.1, 0.15) is 49.0 Å². The van der Waals surface area contributed by atoms with Crippen molar-refractivity contribution >= 4 is 64.5 Å². The molecule has 13 heteroatoms. The minimum atomic E-state index is -0.397. The van der Waals surface area contributed by atoms with Gasteiger partial charge in [-0.15, -0.1) is 0 Å². The Kier molecular flexibility index (Phi) is 10.6. The zero-order valence-electron chi connectivity index (χ0n) is 28.6. The van der Waals surface area contributed by atoms with E-state index in [4.69, 9.17) is 1.41 Å². The molecule has 3 amide bonds. The number of thioether (sulfide) groups is 1. The molecule has 0 aliphatic carbocycles. The molecule has 1 fully saturated rings. The van der Waals surface area contributed by atoms with Crippen molar-refractivity contribution < 1.29 is 15.8 Å². The van der Waals surface area contributed by atoms with E-state index in [2.05, 4.69) is 31.2 Å². The van der Waals surface area contributed by atoms with Crippen molar-refractivity contribution in [2.75, 3.05) is 60.8 Å². The van der Waals surface area contributed by atoms with Gasteiger partial charge < -0.3 is 34.9 Å². The predicted octanol–water partition coefficient (Wildman–Crippen LogP) is 4.65. The van der Waals surface area contributed by atoms with Crippen LogP contribution in [0.15, 0.2) is 67.1 Å². The zero-order valence-corrected chi connectivity index (χ0v) is 28.4. The highest BCUT2D eigenvalue weighted by Crippen LogP contribution is 2.19. The minimum Gasteiger partial charge on any atom is -0.378 e. The summed E-state index contributed by atoms with van der Waals surface area (Å²) in [6.45, 7) is 2.04. The summed E-state index contributed by atoms with van der Waals surface area (Å²) in [5.41, 5.74) is 4.86. The molecule has 4 aromatic rings. The molecule has 1 aliphatic heterocycles. The van der Waals surface area contributed by atoms with Gasteiger partial charge in [0.1, 0.15) is 11.4 Å². The number of hydrogen-bond donors (Lipinski definition) is 4. The van der Waals surface area contributed by atoms with Crippen molar-refractivity contribution in [1.82, 2.24) is 24.3 Å². The van der Waals surface area contributed by atoms with Crippen molar-refractivity contribution in [3.63, 3.8) is 0 Å². The highest BCUT2D eigenvalue weighted by atomic mass is 32.2. The Morgan fingerprint density at radius 3 is 2.17 bits per heavy atom. The number of nitrogens with zero attached hydrogens (tertiary/aromatic N) is 5. The standard InChI is InChI=1S/C35H41N9O3S/c1-41(2)29-11-6-24(7-12-29)5-9-26-10-8-25(21-38-26)33(45)39-27-20-31(43(4)22-27)35(47)40-28-19-30(42(3)23-28)34(46)37-14-13-32(36)44-15-17-48-18-16-44/h5-12,19-23,36H,13-18H2,1-4H3,(H,37,46)(H,39,45)(H,40,47)/b9-5?,36-32+. The summed E-state index contributed by atoms with van der Waals surface area (Å²) in [6, 6.07) is 14.8. The maximum Gasteiger partial charge on any atom is 0.272 e. The van der Waals surface area contributed by atoms with Crippen LogP contribution in [0.5, 0.6) is 0 Å². The van der Waals surface area contributed by atoms with E-state index in [1.165, 1.54) is 6.20 Å². The predicted molar refractivity (Wildman–Crippen MR) is 194 cm³/mol. The van der Waals surface area contributed by atoms with Crippen LogP contribution in [-0.2, 0) is 14.1 Å². The Bertz CT molecular complexity index is 1840. The fourth-order valence-corrected chi connectivity index (χ4v) is 6.08. The maximum absolute atomic E-state index is 13.2. The number of pyridine rings is 1. The van der Waals surface area contributed by atoms with E-state index in [1.807, 2.05) is 67.2 Å². The summed E-state index contributed by atoms with van der Waals surface area (Å²) >= 11 is 1.88. The van der Waals surface area contributed by atoms with Crippen molar-refractivity contribution in [3.8, 4) is 0 Å². The molecule has 0 unspecified atom stereocenters. The zero-order chi connectivity index (χ0) is 34.9. The van der Waals surface area contributed by atoms with Crippen molar-refractivity contribution in [2.45, 2.75) is 6.42 Å². The van der Waals surface area contributed by atoms with Gasteiger partial charge in [0, 0.05) is 90.0 Å². The number of amides is 3. The van der Waals surface area contributed by atoms with Crippen LogP contribution in [0.25, 0.3) is 12.2 Å². The lowest BCUT2D eigenvalue weighted by atomic mass is 10.1. The van der Waals surface area contributed by atoms with E-state index in [9.17, 15) is 14.4 Å². The van der Waals surface area contributed by atoms with Gasteiger partial charge in [-0.2, -0.15) is 11.8 Å². The first-order valence-corrected chi connectivity index (χ1v) is 16.8. The second-order valence-electron chi connectivity index (χ2n) is 11.7. The smallest absolute Gasteiger partial charge is 0.272 e. The molecule has 1 aliphatic rings. The Hall–Kier alpha value is -5.30. The van der Waals surface area contributed by atoms with E-state index in [-0.39, 0.29) is 11.8 Å². The van der Waals surface area contributed by atoms with Gasteiger partial charge in [-0.3, -0.25) is 24.8 Å². The van der Waals surface area contributed by atoms with Crippen LogP contribution >= 0.6 is 11.8 Å². The molecule has 1 aromatic carbocycles. The Balaban J connectivity index is 1.13. The number of nitrogens with one attached hydrogen (secondary N) is 4. The van der Waals surface area contributed by atoms with Crippen LogP contribution in [0.4, 0.5) is 17.1 Å². The van der Waals surface area contributed by atoms with Crippen LogP contribution < -0.4 is 20.9 Å². The normalized spacial score (nSPS) is 13.7. The first kappa shape index (κ1) is 32.6. The van der Waals surface area contributed by atoms with Crippen molar-refractivity contribution in [1.29, 1.82) is 5.40 Å². The van der Waals surface area contributed by atoms with E-state index in [1.54, 1.807) is 59.9 Å². The molecule has 48 heavy (non-hydrogen) atoms. The maximum atomic E-state index is 13.2. The van der Waals surface area contributed by atoms with Gasteiger partial charge in [0.25, 0.3) is 17.7 Å². The summed E-state index contributed by atoms with van der Waals surface area (Å²) in [4.78, 5) is 47.5. The molecule has 250 valence electrons. The first-order chi connectivity index (χ1) is 23.6. The molecule has 0 spiro atoms. The molecule has 1 saturated heterocycles. The number of hydrogen-bond acceptors (Lipinski definition) is 7. The van der Waals surface area contributed by atoms with Crippen LogP contribution in [0, 0.1) is 5.40 Å². The van der Waals surface area contributed by atoms with Crippen molar-refractivity contribution in [2.24, 2.45) is 14.1 Å². The lowest BCUT2D eigenvalue weighted by molar-refractivity contribution is 0.0944. The Morgan fingerprint density at radius 1 is 0.917 bits per heavy atom. The number of amidine groups is 1. The van der Waals surface area contributed by atoms with Gasteiger partial charge in [0.2, 0.25) is 0 Å². The second kappa shape index (κ2) is 15.5. The lowest BCUT2D eigenvalue weighted by Gasteiger charge is -2.28. The summed E-state index contributed by atoms with van der Waals surface area (Å²) in [5.74, 6) is 1.63. The van der Waals surface area contributed by atoms with Crippen LogP contribution in [-0.4, -0.2) is 87.8 Å². The SMILES string of the molecule is [H]/N=C(\CCNC(=O)c1cc(NC(=O)c2cc(NC(=O)c3ccc(C=Cc4ccc(N(C)C)cc4)nc3)cn2C)cn1C)N1CCSCC1. The number of rotatable bonds is 11. The third kappa shape index (κ3) is 8.73. The molecule has 4 N–H and O–H groups in total. The Labute approximate surface area is 286 Å². The summed E-state index contributed by atoms with van der Waals surface area (Å²) in [7, 11) is 7.43. The van der Waals surface area contributed by atoms with Crippen molar-refractivity contribution in [3.05, 3.63) is 95.3 Å². The average molecular weight is 668 g/mol. The molecule has 12 nitrogen and oxygen atoms in total. The number of carbonyl (C=O) groups excluding carboxylic acids is 3. The molecule has 5 rings (SSSR count). The van der Waals surface area contributed by atoms with Gasteiger partial charge in [0.15, 0.2) is 1.41 Å². The summed E-state index contributed by atoms with van der Waals surface area (Å²) in [6.07, 6.45) is 9.14. The largest absolute Gasteiger partial charge is 0.378 e. The molecule has 0 bridgehead atoms. The van der Waals surface area contributed by atoms with E-state index in [0.717, 1.165) is 35.8 Å². The van der Waals surface area contributed by atoms with E-state index in [0.29, 0.717) is 52.8 Å². The number of carbonyl (C=O) groups is 3. The molecule has 0 atom stereocenters. The van der Waals surface area contributed by atoms with E-state index >= 15 is 0 Å². The fourth-order valence-electron chi connectivity index (χ4n) is 5.18. The molecule has 4 heterocycles. The van der Waals surface area contributed by atoms with E-state index < -0.39 is 5.91 Å². The number of anilines is 3. The monoisotopic (exact) mass is 667 g/mol. The van der Waals surface area contributed by atoms with Crippen LogP contribution in [0.3, 0.4) is 0 Å². The molecule has 0 saturated carbocycles. The lowest BCUT2D eigenvalue weighted by Crippen LogP contribution is -2.39. The third-order valence-electron chi connectivity index (χ3n) is 7.91. The van der Waals surface area contributed by atoms with Crippen LogP contribution in [0.2, 0.25) is 1.41 Å². The quantitative estimate of drug-likeness (QED) is 0.135. The number of benzene rings is 1. The van der Waals surface area contributed by atoms with Gasteiger partial charge >= 0.3 is 0 Å². The average Bonchev–Trinajstić information content (AvgIpc) is 3.66. The first-order valence-electron chi connectivity index (χ1n) is 16.0. The molecule has 3 aromatic heterocycles. The number of aromatic nitrogens is 3. The molecular formula is C35H41N9O3S. The highest BCUT2D eigenvalue weighted by molar-refractivity contribution is 7.99. The number of aryl methyl sites for hydroxylation is 2. The summed E-state index contributed by atoms with van der Waals surface area (Å²) < 4.78 is 10.8. The summed E-state index contributed by atoms with van der Waals surface area (Å²) in [5, 5.41) is 12.2. The third-order valence-corrected chi connectivity index (χ3v) is 8.85. The van der Waals surface area contributed by atoms with Gasteiger partial charge in [-0.05, 0) is 48.0 Å². The minimum absolute atomic E-state index is 0.293. The highest BCUT2D eigenvalue weighted by Gasteiger charge is 2.18. The topological polar surface area (TPSA) is 140 Å². The fraction of sp³-hybridized carbons (Fsp3) is 0.286. The Morgan fingerprint density at radius 2 is 1.56 bits per heavy atom.